The highest BCUT2D eigenvalue weighted by Crippen LogP contribution is 2.25. The molecule has 11 heteroatoms. The highest BCUT2D eigenvalue weighted by molar-refractivity contribution is 7.90. The second-order valence-electron chi connectivity index (χ2n) is 8.64. The zero-order chi connectivity index (χ0) is 27.0. The van der Waals surface area contributed by atoms with Crippen molar-refractivity contribution in [2.75, 3.05) is 24.9 Å². The molecule has 1 N–H and O–H groups in total. The molecule has 0 saturated heterocycles. The van der Waals surface area contributed by atoms with Crippen LogP contribution in [0.5, 0.6) is 0 Å². The first-order valence-corrected chi connectivity index (χ1v) is 13.9. The highest BCUT2D eigenvalue weighted by Gasteiger charge is 2.34. The van der Waals surface area contributed by atoms with Crippen LogP contribution >= 0.6 is 23.2 Å². The summed E-state index contributed by atoms with van der Waals surface area (Å²) in [5, 5.41) is 3.62. The Bertz CT molecular complexity index is 1150. The Morgan fingerprint density at radius 1 is 0.972 bits per heavy atom. The monoisotopic (exact) mass is 556 g/mol. The van der Waals surface area contributed by atoms with Gasteiger partial charge in [0, 0.05) is 26.7 Å². The average Bonchev–Trinajstić information content (AvgIpc) is 2.84. The Kier molecular flexibility index (Phi) is 11.0. The molecular weight excluding hydrogens is 523 g/mol. The average molecular weight is 558 g/mol. The third-order valence-corrected chi connectivity index (χ3v) is 8.35. The molecule has 0 fully saturated rings. The number of anilines is 1. The van der Waals surface area contributed by atoms with Crippen LogP contribution in [0.2, 0.25) is 10.0 Å². The van der Waals surface area contributed by atoms with E-state index in [0.29, 0.717) is 27.7 Å². The van der Waals surface area contributed by atoms with E-state index in [9.17, 15) is 18.0 Å². The lowest BCUT2D eigenvalue weighted by molar-refractivity contribution is -0.140. The number of nitrogens with one attached hydrogen (secondary N) is 1. The van der Waals surface area contributed by atoms with Gasteiger partial charge in [-0.05, 0) is 49.6 Å². The largest absolute Gasteiger partial charge is 0.352 e. The lowest BCUT2D eigenvalue weighted by Crippen LogP contribution is -2.54. The van der Waals surface area contributed by atoms with E-state index in [4.69, 9.17) is 23.2 Å². The fourth-order valence-electron chi connectivity index (χ4n) is 3.51. The van der Waals surface area contributed by atoms with Crippen molar-refractivity contribution in [3.05, 3.63) is 64.1 Å². The molecule has 0 aliphatic carbocycles. The van der Waals surface area contributed by atoms with Crippen LogP contribution in [-0.2, 0) is 26.3 Å². The van der Waals surface area contributed by atoms with Crippen molar-refractivity contribution in [1.29, 1.82) is 0 Å². The number of carbonyl (C=O) groups excluding carboxylic acids is 2. The van der Waals surface area contributed by atoms with E-state index in [1.54, 1.807) is 48.5 Å². The SMILES string of the molecule is CC[C@H](C(=O)N[C@@H](C)CC)N(Cc1ccc(Cl)c(Cl)c1)C(=O)CN(c1ccccc1)S(=O)(=O)N(C)C. The molecule has 2 rings (SSSR count). The van der Waals surface area contributed by atoms with E-state index in [0.717, 1.165) is 15.0 Å². The molecule has 0 bridgehead atoms. The molecule has 8 nitrogen and oxygen atoms in total. The summed E-state index contributed by atoms with van der Waals surface area (Å²) >= 11 is 12.2. The standard InChI is InChI=1S/C25H34Cl2N4O4S/c1-6-18(3)28-25(33)23(7-2)30(16-19-13-14-21(26)22(27)15-19)24(32)17-31(36(34,35)29(4)5)20-11-9-8-10-12-20/h8-15,18,23H,6-7,16-17H2,1-5H3,(H,28,33)/t18-,23+/m0/s1. The fourth-order valence-corrected chi connectivity index (χ4v) is 4.88. The first kappa shape index (κ1) is 29.9. The predicted octanol–water partition coefficient (Wildman–Crippen LogP) is 4.33. The van der Waals surface area contributed by atoms with Crippen molar-refractivity contribution in [2.24, 2.45) is 0 Å². The molecule has 0 aromatic heterocycles. The molecule has 0 radical (unpaired) electrons. The van der Waals surface area contributed by atoms with Crippen LogP contribution in [0.1, 0.15) is 39.2 Å². The summed E-state index contributed by atoms with van der Waals surface area (Å²) in [7, 11) is -1.20. The maximum Gasteiger partial charge on any atom is 0.304 e. The van der Waals surface area contributed by atoms with Gasteiger partial charge in [-0.25, -0.2) is 4.31 Å². The second kappa shape index (κ2) is 13.3. The third-order valence-electron chi connectivity index (χ3n) is 5.79. The van der Waals surface area contributed by atoms with Crippen LogP contribution in [0.3, 0.4) is 0 Å². The van der Waals surface area contributed by atoms with E-state index in [2.05, 4.69) is 5.32 Å². The zero-order valence-electron chi connectivity index (χ0n) is 21.2. The lowest BCUT2D eigenvalue weighted by Gasteiger charge is -2.34. The minimum absolute atomic E-state index is 0.0484. The van der Waals surface area contributed by atoms with Crippen LogP contribution < -0.4 is 9.62 Å². The van der Waals surface area contributed by atoms with Gasteiger partial charge >= 0.3 is 10.2 Å². The Balaban J connectivity index is 2.50. The molecule has 0 heterocycles. The van der Waals surface area contributed by atoms with Crippen molar-refractivity contribution in [2.45, 2.75) is 52.2 Å². The number of hydrogen-bond acceptors (Lipinski definition) is 4. The molecule has 0 aliphatic rings. The molecule has 2 aromatic carbocycles. The van der Waals surface area contributed by atoms with Crippen LogP contribution in [0.25, 0.3) is 0 Å². The third kappa shape index (κ3) is 7.59. The van der Waals surface area contributed by atoms with Gasteiger partial charge < -0.3 is 10.2 Å². The summed E-state index contributed by atoms with van der Waals surface area (Å²) in [5.41, 5.74) is 1.00. The van der Waals surface area contributed by atoms with Crippen LogP contribution in [0.15, 0.2) is 48.5 Å². The Morgan fingerprint density at radius 2 is 1.61 bits per heavy atom. The number of hydrogen-bond donors (Lipinski definition) is 1. The molecule has 2 aromatic rings. The first-order chi connectivity index (χ1) is 16.9. The van der Waals surface area contributed by atoms with E-state index in [1.165, 1.54) is 19.0 Å². The van der Waals surface area contributed by atoms with E-state index in [1.807, 2.05) is 20.8 Å². The van der Waals surface area contributed by atoms with Crippen molar-refractivity contribution in [3.63, 3.8) is 0 Å². The lowest BCUT2D eigenvalue weighted by atomic mass is 10.1. The maximum atomic E-state index is 13.8. The molecule has 198 valence electrons. The van der Waals surface area contributed by atoms with Gasteiger partial charge in [0.2, 0.25) is 11.8 Å². The minimum atomic E-state index is -4.00. The number of benzene rings is 2. The summed E-state index contributed by atoms with van der Waals surface area (Å²) < 4.78 is 28.4. The van der Waals surface area contributed by atoms with Crippen molar-refractivity contribution >= 4 is 50.9 Å². The first-order valence-electron chi connectivity index (χ1n) is 11.7. The minimum Gasteiger partial charge on any atom is -0.352 e. The Labute approximate surface area is 224 Å². The highest BCUT2D eigenvalue weighted by atomic mass is 35.5. The smallest absolute Gasteiger partial charge is 0.304 e. The number of nitrogens with zero attached hydrogens (tertiary/aromatic N) is 3. The predicted molar refractivity (Wildman–Crippen MR) is 145 cm³/mol. The van der Waals surface area contributed by atoms with Gasteiger partial charge in [-0.15, -0.1) is 0 Å². The Hall–Kier alpha value is -2.33. The molecule has 0 unspecified atom stereocenters. The molecule has 2 amide bonds. The molecule has 0 saturated carbocycles. The fraction of sp³-hybridized carbons (Fsp3) is 0.440. The van der Waals surface area contributed by atoms with Crippen LogP contribution in [0.4, 0.5) is 5.69 Å². The van der Waals surface area contributed by atoms with E-state index in [-0.39, 0.29) is 18.5 Å². The topological polar surface area (TPSA) is 90.0 Å². The molecular formula is C25H34Cl2N4O4S. The van der Waals surface area contributed by atoms with Gasteiger partial charge in [0.15, 0.2) is 0 Å². The van der Waals surface area contributed by atoms with Gasteiger partial charge in [-0.3, -0.25) is 9.59 Å². The van der Waals surface area contributed by atoms with E-state index < -0.39 is 28.7 Å². The molecule has 36 heavy (non-hydrogen) atoms. The summed E-state index contributed by atoms with van der Waals surface area (Å²) in [6, 6.07) is 12.5. The van der Waals surface area contributed by atoms with Crippen LogP contribution in [0, 0.1) is 0 Å². The molecule has 0 spiro atoms. The van der Waals surface area contributed by atoms with Crippen LogP contribution in [-0.4, -0.2) is 62.2 Å². The number of halogens is 2. The van der Waals surface area contributed by atoms with Gasteiger partial charge in [-0.2, -0.15) is 12.7 Å². The normalized spacial score (nSPS) is 13.2. The van der Waals surface area contributed by atoms with Gasteiger partial charge in [0.1, 0.15) is 12.6 Å². The van der Waals surface area contributed by atoms with Gasteiger partial charge in [0.05, 0.1) is 15.7 Å². The second-order valence-corrected chi connectivity index (χ2v) is 11.5. The Morgan fingerprint density at radius 3 is 2.14 bits per heavy atom. The summed E-state index contributed by atoms with van der Waals surface area (Å²) in [4.78, 5) is 28.3. The van der Waals surface area contributed by atoms with Gasteiger partial charge in [-0.1, -0.05) is 61.3 Å². The summed E-state index contributed by atoms with van der Waals surface area (Å²) in [5.74, 6) is -0.830. The van der Waals surface area contributed by atoms with Gasteiger partial charge in [0.25, 0.3) is 0 Å². The summed E-state index contributed by atoms with van der Waals surface area (Å²) in [6.45, 7) is 5.21. The number of para-hydroxylation sites is 1. The van der Waals surface area contributed by atoms with Crippen molar-refractivity contribution in [3.8, 4) is 0 Å². The number of amides is 2. The van der Waals surface area contributed by atoms with Crippen molar-refractivity contribution in [1.82, 2.24) is 14.5 Å². The van der Waals surface area contributed by atoms with E-state index >= 15 is 0 Å². The number of rotatable bonds is 12. The van der Waals surface area contributed by atoms with Crippen molar-refractivity contribution < 1.29 is 18.0 Å². The molecule has 2 atom stereocenters. The summed E-state index contributed by atoms with van der Waals surface area (Å²) in [6.07, 6.45) is 1.06. The zero-order valence-corrected chi connectivity index (χ0v) is 23.6. The number of carbonyl (C=O) groups is 2. The molecule has 0 aliphatic heterocycles. The maximum absolute atomic E-state index is 13.8. The quantitative estimate of drug-likeness (QED) is 0.421.